The van der Waals surface area contributed by atoms with E-state index in [0.29, 0.717) is 37.3 Å². The molecule has 63 heavy (non-hydrogen) atoms. The Balaban J connectivity index is 1.31. The van der Waals surface area contributed by atoms with E-state index in [1.165, 1.54) is 12.1 Å². The van der Waals surface area contributed by atoms with Crippen LogP contribution in [-0.4, -0.2) is 68.5 Å². The summed E-state index contributed by atoms with van der Waals surface area (Å²) in [6, 6.07) is 25.5. The number of nitrogens with zero attached hydrogens (tertiary/aromatic N) is 3. The summed E-state index contributed by atoms with van der Waals surface area (Å²) in [7, 11) is 0. The number of non-ortho nitro benzene ring substituents is 1. The molecule has 3 aromatic carbocycles. The Morgan fingerprint density at radius 1 is 0.984 bits per heavy atom. The predicted octanol–water partition coefficient (Wildman–Crippen LogP) is 9.09. The number of aliphatic hydroxyl groups is 2. The maximum absolute atomic E-state index is 13.2. The van der Waals surface area contributed by atoms with E-state index < -0.39 is 16.8 Å². The van der Waals surface area contributed by atoms with Crippen LogP contribution in [0.2, 0.25) is 0 Å². The quantitative estimate of drug-likeness (QED) is 0.0297. The molecule has 14 heteroatoms. The summed E-state index contributed by atoms with van der Waals surface area (Å²) < 4.78 is 20.3. The van der Waals surface area contributed by atoms with Gasteiger partial charge in [0.15, 0.2) is 0 Å². The Morgan fingerprint density at radius 3 is 2.48 bits per heavy atom. The van der Waals surface area contributed by atoms with Gasteiger partial charge in [-0.1, -0.05) is 60.5 Å². The van der Waals surface area contributed by atoms with Gasteiger partial charge in [-0.25, -0.2) is 4.79 Å². The maximum atomic E-state index is 13.2. The van der Waals surface area contributed by atoms with Crippen molar-refractivity contribution in [1.29, 1.82) is 0 Å². The van der Waals surface area contributed by atoms with Crippen LogP contribution >= 0.6 is 11.8 Å². The van der Waals surface area contributed by atoms with Crippen LogP contribution in [0, 0.1) is 27.9 Å². The van der Waals surface area contributed by atoms with E-state index in [0.717, 1.165) is 71.4 Å². The Hall–Kier alpha value is -5.54. The van der Waals surface area contributed by atoms with Crippen LogP contribution in [0.3, 0.4) is 0 Å². The number of pyridine rings is 1. The lowest BCUT2D eigenvalue weighted by molar-refractivity contribution is -0.384. The minimum atomic E-state index is -1.17. The van der Waals surface area contributed by atoms with Crippen molar-refractivity contribution in [3.05, 3.63) is 154 Å². The van der Waals surface area contributed by atoms with E-state index >= 15 is 0 Å². The summed E-state index contributed by atoms with van der Waals surface area (Å²) in [4.78, 5) is 34.4. The second-order valence-corrected chi connectivity index (χ2v) is 17.5. The molecule has 3 N–H and O–H groups in total. The number of nitro benzene ring substituents is 1. The van der Waals surface area contributed by atoms with Crippen LogP contribution in [0.4, 0.5) is 10.5 Å². The molecule has 6 atom stereocenters. The lowest BCUT2D eigenvalue weighted by Gasteiger charge is -2.58. The Kier molecular flexibility index (Phi) is 16.0. The van der Waals surface area contributed by atoms with Gasteiger partial charge in [-0.15, -0.1) is 6.58 Å². The number of hydrogen-bond donors (Lipinski definition) is 3. The highest BCUT2D eigenvalue weighted by Gasteiger charge is 2.64. The van der Waals surface area contributed by atoms with Gasteiger partial charge in [0.2, 0.25) is 5.79 Å². The summed E-state index contributed by atoms with van der Waals surface area (Å²) in [6.07, 6.45) is 12.9. The van der Waals surface area contributed by atoms with Gasteiger partial charge >= 0.3 is 6.09 Å². The van der Waals surface area contributed by atoms with Crippen LogP contribution in [0.25, 0.3) is 0 Å². The number of oxime groups is 1. The van der Waals surface area contributed by atoms with E-state index in [2.05, 4.69) is 23.0 Å². The largest absolute Gasteiger partial charge is 0.460 e. The van der Waals surface area contributed by atoms with Gasteiger partial charge in [0.1, 0.15) is 18.1 Å². The van der Waals surface area contributed by atoms with Crippen molar-refractivity contribution < 1.29 is 39.0 Å². The molecule has 3 aliphatic rings. The monoisotopic (exact) mass is 876 g/mol. The van der Waals surface area contributed by atoms with E-state index in [4.69, 9.17) is 24.2 Å². The van der Waals surface area contributed by atoms with Gasteiger partial charge in [0, 0.05) is 62.2 Å². The van der Waals surface area contributed by atoms with Crippen LogP contribution < -0.4 is 14.8 Å². The molecular weight excluding hydrogens is 821 g/mol. The summed E-state index contributed by atoms with van der Waals surface area (Å²) in [5.74, 6) is 0.154. The van der Waals surface area contributed by atoms with E-state index in [1.807, 2.05) is 54.6 Å². The van der Waals surface area contributed by atoms with Crippen molar-refractivity contribution in [2.24, 2.45) is 22.9 Å². The highest BCUT2D eigenvalue weighted by Crippen LogP contribution is 2.62. The summed E-state index contributed by atoms with van der Waals surface area (Å²) in [5, 5.41) is 38.6. The fourth-order valence-electron chi connectivity index (χ4n) is 9.22. The number of allylic oxidation sites excluding steroid dienone is 1. The highest BCUT2D eigenvalue weighted by molar-refractivity contribution is 8.00. The zero-order valence-electron chi connectivity index (χ0n) is 35.4. The van der Waals surface area contributed by atoms with Crippen molar-refractivity contribution in [1.82, 2.24) is 10.3 Å². The van der Waals surface area contributed by atoms with Gasteiger partial charge < -0.3 is 34.6 Å². The van der Waals surface area contributed by atoms with Gasteiger partial charge in [0.25, 0.3) is 5.69 Å². The average molecular weight is 877 g/mol. The number of nitro groups is 1. The van der Waals surface area contributed by atoms with Gasteiger partial charge in [-0.2, -0.15) is 11.8 Å². The van der Waals surface area contributed by atoms with Crippen LogP contribution in [0.15, 0.2) is 127 Å². The average Bonchev–Trinajstić information content (AvgIpc) is 3.30. The van der Waals surface area contributed by atoms with E-state index in [9.17, 15) is 25.1 Å². The van der Waals surface area contributed by atoms with Crippen molar-refractivity contribution in [2.45, 2.75) is 81.5 Å². The lowest BCUT2D eigenvalue weighted by atomic mass is 9.56. The predicted molar refractivity (Wildman–Crippen MR) is 243 cm³/mol. The Bertz CT molecular complexity index is 2210. The molecule has 0 spiro atoms. The lowest BCUT2D eigenvalue weighted by Crippen LogP contribution is -2.64. The van der Waals surface area contributed by atoms with Crippen molar-refractivity contribution in [3.8, 4) is 11.5 Å². The van der Waals surface area contributed by atoms with Crippen LogP contribution in [0.1, 0.15) is 73.1 Å². The number of aromatic nitrogens is 1. The number of nitrogens with one attached hydrogen (secondary N) is 1. The molecule has 7 rings (SSSR count). The molecular formula is C49H56N4O9S. The fraction of sp³-hybridized carbons (Fsp3) is 0.408. The molecule has 1 amide bonds. The number of aryl methyl sites for hydroxylation is 1. The van der Waals surface area contributed by atoms with Gasteiger partial charge in [-0.05, 0) is 114 Å². The Labute approximate surface area is 372 Å². The summed E-state index contributed by atoms with van der Waals surface area (Å²) >= 11 is 1.76. The highest BCUT2D eigenvalue weighted by atomic mass is 32.2. The van der Waals surface area contributed by atoms with Gasteiger partial charge in [-0.3, -0.25) is 15.1 Å². The molecule has 13 nitrogen and oxygen atoms in total. The third-order valence-electron chi connectivity index (χ3n) is 12.1. The first-order valence-electron chi connectivity index (χ1n) is 21.8. The molecule has 2 heterocycles. The molecule has 6 unspecified atom stereocenters. The third-order valence-corrected chi connectivity index (χ3v) is 13.5. The molecule has 1 fully saturated rings. The molecule has 2 aliphatic carbocycles. The Morgan fingerprint density at radius 2 is 1.75 bits per heavy atom. The number of thioether (sulfide) groups is 1. The molecule has 1 saturated carbocycles. The number of benzene rings is 3. The SMILES string of the molecule is C=CCOC12Oc3ccc(OC(=O)NCc4ccccc4)cc3C3C(CCCCO)C(CCCCO)C=C(C(=NOCc4ccc([N+](=O)[O-])cc4)CC1SCCc1ccncc1)C32. The van der Waals surface area contributed by atoms with E-state index in [1.54, 1.807) is 48.4 Å². The maximum Gasteiger partial charge on any atom is 0.412 e. The zero-order valence-corrected chi connectivity index (χ0v) is 36.2. The third kappa shape index (κ3) is 11.2. The summed E-state index contributed by atoms with van der Waals surface area (Å²) in [5.41, 5.74) is 5.48. The number of carbonyl (C=O) groups excluding carboxylic acids is 1. The normalized spacial score (nSPS) is 22.8. The number of rotatable bonds is 22. The van der Waals surface area contributed by atoms with Crippen LogP contribution in [-0.2, 0) is 29.1 Å². The molecule has 1 aromatic heterocycles. The molecule has 1 aliphatic heterocycles. The second kappa shape index (κ2) is 22.2. The fourth-order valence-corrected chi connectivity index (χ4v) is 10.6. The topological polar surface area (TPSA) is 175 Å². The van der Waals surface area contributed by atoms with Crippen molar-refractivity contribution in [2.75, 3.05) is 25.6 Å². The number of unbranched alkanes of at least 4 members (excludes halogenated alkanes) is 2. The number of ether oxygens (including phenoxy) is 3. The van der Waals surface area contributed by atoms with Gasteiger partial charge in [0.05, 0.1) is 28.4 Å². The minimum Gasteiger partial charge on any atom is -0.460 e. The smallest absolute Gasteiger partial charge is 0.412 e. The summed E-state index contributed by atoms with van der Waals surface area (Å²) in [6.45, 7) is 4.85. The first-order valence-corrected chi connectivity index (χ1v) is 22.8. The molecule has 0 saturated heterocycles. The molecule has 332 valence electrons. The standard InChI is InChI=1S/C49H56N4O9S/c1-2-27-59-49-45(63-28-22-34-20-23-50-24-21-34)31-43(52-60-33-36-14-16-38(17-15-36)53(57)58)41-29-37(12-6-8-25-54)40(13-7-9-26-55)46(47(41)49)42-30-39(18-19-44(42)62-49)61-48(56)51-32-35-10-4-3-5-11-35/h2-5,10-11,14-21,23-24,29-30,37,40,45-47,54-55H,1,6-9,12-13,22,25-28,31-33H2,(H,51,56). The minimum absolute atomic E-state index is 0.00187. The van der Waals surface area contributed by atoms with Crippen molar-refractivity contribution >= 4 is 29.3 Å². The molecule has 0 bridgehead atoms. The molecule has 4 aromatic rings. The zero-order chi connectivity index (χ0) is 44.0. The number of aliphatic hydroxyl groups excluding tert-OH is 2. The number of amides is 1. The number of fused-ring (bicyclic) bond motifs is 2. The van der Waals surface area contributed by atoms with Crippen LogP contribution in [0.5, 0.6) is 11.5 Å². The first kappa shape index (κ1) is 45.5. The first-order chi connectivity index (χ1) is 30.8. The molecule has 0 radical (unpaired) electrons. The number of hydrogen-bond acceptors (Lipinski definition) is 12. The van der Waals surface area contributed by atoms with E-state index in [-0.39, 0.29) is 61.0 Å². The second-order valence-electron chi connectivity index (χ2n) is 16.1. The number of carbonyl (C=O) groups is 1. The van der Waals surface area contributed by atoms with Crippen molar-refractivity contribution in [3.63, 3.8) is 0 Å².